The second-order valence-corrected chi connectivity index (χ2v) is 4.77. The van der Waals surface area contributed by atoms with Gasteiger partial charge in [0.05, 0.1) is 12.3 Å². The Bertz CT molecular complexity index is 407. The number of halogens is 1. The number of aromatic amines is 1. The number of hydrogen-bond acceptors (Lipinski definition) is 4. The molecule has 19 heavy (non-hydrogen) atoms. The Hall–Kier alpha value is -1.07. The first-order valence-electron chi connectivity index (χ1n) is 6.71. The predicted molar refractivity (Wildman–Crippen MR) is 75.1 cm³/mol. The summed E-state index contributed by atoms with van der Waals surface area (Å²) in [5.41, 5.74) is 0.809. The number of nitrogens with zero attached hydrogens (tertiary/aromatic N) is 1. The molecule has 1 rings (SSSR count). The number of unbranched alkanes of at least 4 members (excludes halogenated alkanes) is 1. The van der Waals surface area contributed by atoms with E-state index >= 15 is 0 Å². The van der Waals surface area contributed by atoms with Gasteiger partial charge in [-0.15, -0.1) is 0 Å². The van der Waals surface area contributed by atoms with E-state index in [2.05, 4.69) is 22.2 Å². The van der Waals surface area contributed by atoms with Crippen LogP contribution in [-0.2, 0) is 22.5 Å². The molecule has 0 saturated carbocycles. The van der Waals surface area contributed by atoms with Crippen LogP contribution in [0.15, 0.2) is 0 Å². The van der Waals surface area contributed by atoms with Crippen molar-refractivity contribution in [3.05, 3.63) is 16.7 Å². The zero-order chi connectivity index (χ0) is 14.3. The topological polar surface area (TPSA) is 67.0 Å². The van der Waals surface area contributed by atoms with Gasteiger partial charge in [0.25, 0.3) is 0 Å². The first kappa shape index (κ1) is 16.0. The molecule has 0 aromatic carbocycles. The van der Waals surface area contributed by atoms with Crippen LogP contribution in [0.5, 0.6) is 0 Å². The molecule has 0 spiro atoms. The summed E-state index contributed by atoms with van der Waals surface area (Å²) in [5.74, 6) is 0.636. The van der Waals surface area contributed by atoms with Crippen molar-refractivity contribution in [2.45, 2.75) is 52.6 Å². The maximum atomic E-state index is 11.5. The first-order chi connectivity index (χ1) is 9.08. The van der Waals surface area contributed by atoms with Gasteiger partial charge in [-0.1, -0.05) is 24.9 Å². The predicted octanol–water partition coefficient (Wildman–Crippen LogP) is 2.45. The SMILES string of the molecule is CCCCc1nc(Cl)c(CNC(C)C(=O)OCC)[nH]1. The van der Waals surface area contributed by atoms with Crippen LogP contribution < -0.4 is 5.32 Å². The maximum absolute atomic E-state index is 11.5. The quantitative estimate of drug-likeness (QED) is 0.721. The molecule has 0 saturated heterocycles. The smallest absolute Gasteiger partial charge is 0.322 e. The third-order valence-corrected chi connectivity index (χ3v) is 3.08. The molecule has 1 heterocycles. The van der Waals surface area contributed by atoms with E-state index in [0.717, 1.165) is 30.8 Å². The molecule has 1 unspecified atom stereocenters. The Morgan fingerprint density at radius 2 is 2.26 bits per heavy atom. The minimum absolute atomic E-state index is 0.260. The van der Waals surface area contributed by atoms with Crippen molar-refractivity contribution in [3.63, 3.8) is 0 Å². The molecule has 0 radical (unpaired) electrons. The summed E-state index contributed by atoms with van der Waals surface area (Å²) in [7, 11) is 0. The Kier molecular flexibility index (Phi) is 6.87. The molecule has 6 heteroatoms. The lowest BCUT2D eigenvalue weighted by Gasteiger charge is -2.11. The lowest BCUT2D eigenvalue weighted by atomic mass is 10.2. The summed E-state index contributed by atoms with van der Waals surface area (Å²) in [6.07, 6.45) is 3.09. The van der Waals surface area contributed by atoms with E-state index in [1.54, 1.807) is 13.8 Å². The summed E-state index contributed by atoms with van der Waals surface area (Å²) in [5, 5.41) is 3.53. The van der Waals surface area contributed by atoms with E-state index in [-0.39, 0.29) is 12.0 Å². The molecule has 0 aliphatic carbocycles. The molecule has 2 N–H and O–H groups in total. The maximum Gasteiger partial charge on any atom is 0.322 e. The fraction of sp³-hybridized carbons (Fsp3) is 0.692. The number of imidazole rings is 1. The fourth-order valence-corrected chi connectivity index (χ4v) is 1.84. The van der Waals surface area contributed by atoms with Crippen molar-refractivity contribution in [1.82, 2.24) is 15.3 Å². The number of nitrogens with one attached hydrogen (secondary N) is 2. The van der Waals surface area contributed by atoms with Crippen molar-refractivity contribution in [2.75, 3.05) is 6.61 Å². The Morgan fingerprint density at radius 1 is 1.53 bits per heavy atom. The van der Waals surface area contributed by atoms with Gasteiger partial charge < -0.3 is 9.72 Å². The monoisotopic (exact) mass is 287 g/mol. The number of aromatic nitrogens is 2. The summed E-state index contributed by atoms with van der Waals surface area (Å²) in [4.78, 5) is 18.9. The zero-order valence-corrected chi connectivity index (χ0v) is 12.5. The molecule has 0 amide bonds. The van der Waals surface area contributed by atoms with E-state index in [4.69, 9.17) is 16.3 Å². The largest absolute Gasteiger partial charge is 0.465 e. The summed E-state index contributed by atoms with van der Waals surface area (Å²) >= 11 is 6.05. The number of carbonyl (C=O) groups is 1. The lowest BCUT2D eigenvalue weighted by Crippen LogP contribution is -2.35. The minimum Gasteiger partial charge on any atom is -0.465 e. The third kappa shape index (κ3) is 5.20. The molecule has 1 atom stereocenters. The van der Waals surface area contributed by atoms with Crippen molar-refractivity contribution < 1.29 is 9.53 Å². The molecule has 0 aliphatic rings. The normalized spacial score (nSPS) is 12.4. The van der Waals surface area contributed by atoms with Gasteiger partial charge in [-0.05, 0) is 20.3 Å². The Balaban J connectivity index is 2.48. The average molecular weight is 288 g/mol. The minimum atomic E-state index is -0.363. The van der Waals surface area contributed by atoms with Gasteiger partial charge in [-0.3, -0.25) is 10.1 Å². The van der Waals surface area contributed by atoms with Gasteiger partial charge in [-0.2, -0.15) is 0 Å². The zero-order valence-electron chi connectivity index (χ0n) is 11.8. The molecule has 0 bridgehead atoms. The molecule has 1 aromatic heterocycles. The molecule has 1 aromatic rings. The van der Waals surface area contributed by atoms with E-state index in [1.165, 1.54) is 0 Å². The fourth-order valence-electron chi connectivity index (χ4n) is 1.63. The second-order valence-electron chi connectivity index (χ2n) is 4.41. The number of ether oxygens (including phenoxy) is 1. The van der Waals surface area contributed by atoms with Crippen LogP contribution >= 0.6 is 11.6 Å². The summed E-state index contributed by atoms with van der Waals surface area (Å²) in [6.45, 7) is 6.54. The Labute approximate surface area is 119 Å². The standard InChI is InChI=1S/C13H22ClN3O2/c1-4-6-7-11-16-10(12(14)17-11)8-15-9(3)13(18)19-5-2/h9,15H,4-8H2,1-3H3,(H,16,17). The van der Waals surface area contributed by atoms with E-state index in [9.17, 15) is 4.79 Å². The number of rotatable bonds is 8. The number of hydrogen-bond donors (Lipinski definition) is 2. The van der Waals surface area contributed by atoms with Crippen LogP contribution in [0.4, 0.5) is 0 Å². The van der Waals surface area contributed by atoms with Gasteiger partial charge in [0.2, 0.25) is 0 Å². The van der Waals surface area contributed by atoms with Crippen LogP contribution in [0, 0.1) is 0 Å². The van der Waals surface area contributed by atoms with Crippen molar-refractivity contribution >= 4 is 17.6 Å². The van der Waals surface area contributed by atoms with Crippen LogP contribution in [0.3, 0.4) is 0 Å². The average Bonchev–Trinajstić information content (AvgIpc) is 2.74. The summed E-state index contributed by atoms with van der Waals surface area (Å²) < 4.78 is 4.92. The highest BCUT2D eigenvalue weighted by molar-refractivity contribution is 6.30. The van der Waals surface area contributed by atoms with Gasteiger partial charge in [0.15, 0.2) is 5.15 Å². The molecule has 0 fully saturated rings. The third-order valence-electron chi connectivity index (χ3n) is 2.77. The number of aryl methyl sites for hydroxylation is 1. The first-order valence-corrected chi connectivity index (χ1v) is 7.09. The molecular weight excluding hydrogens is 266 g/mol. The lowest BCUT2D eigenvalue weighted by molar-refractivity contribution is -0.145. The van der Waals surface area contributed by atoms with E-state index in [1.807, 2.05) is 0 Å². The Morgan fingerprint density at radius 3 is 2.89 bits per heavy atom. The van der Waals surface area contributed by atoms with Gasteiger partial charge in [-0.25, -0.2) is 4.98 Å². The second kappa shape index (κ2) is 8.17. The van der Waals surface area contributed by atoms with E-state index < -0.39 is 0 Å². The van der Waals surface area contributed by atoms with Gasteiger partial charge in [0.1, 0.15) is 11.9 Å². The number of H-pyrrole nitrogens is 1. The molecular formula is C13H22ClN3O2. The van der Waals surface area contributed by atoms with Gasteiger partial charge >= 0.3 is 5.97 Å². The van der Waals surface area contributed by atoms with Gasteiger partial charge in [0, 0.05) is 13.0 Å². The molecule has 0 aliphatic heterocycles. The highest BCUT2D eigenvalue weighted by atomic mass is 35.5. The highest BCUT2D eigenvalue weighted by Gasteiger charge is 2.15. The van der Waals surface area contributed by atoms with Crippen LogP contribution in [-0.4, -0.2) is 28.6 Å². The van der Waals surface area contributed by atoms with E-state index in [0.29, 0.717) is 18.3 Å². The molecule has 5 nitrogen and oxygen atoms in total. The molecule has 108 valence electrons. The van der Waals surface area contributed by atoms with Crippen LogP contribution in [0.25, 0.3) is 0 Å². The van der Waals surface area contributed by atoms with Crippen LogP contribution in [0.1, 0.15) is 45.1 Å². The van der Waals surface area contributed by atoms with Crippen molar-refractivity contribution in [3.8, 4) is 0 Å². The highest BCUT2D eigenvalue weighted by Crippen LogP contribution is 2.14. The number of esters is 1. The van der Waals surface area contributed by atoms with Crippen LogP contribution in [0.2, 0.25) is 5.15 Å². The van der Waals surface area contributed by atoms with Crippen molar-refractivity contribution in [2.24, 2.45) is 0 Å². The number of carbonyl (C=O) groups excluding carboxylic acids is 1. The summed E-state index contributed by atoms with van der Waals surface area (Å²) in [6, 6.07) is -0.363. The van der Waals surface area contributed by atoms with Crippen molar-refractivity contribution in [1.29, 1.82) is 0 Å².